The summed E-state index contributed by atoms with van der Waals surface area (Å²) in [6, 6.07) is 14.9. The van der Waals surface area contributed by atoms with Gasteiger partial charge in [0.05, 0.1) is 0 Å². The van der Waals surface area contributed by atoms with Crippen molar-refractivity contribution in [3.8, 4) is 5.75 Å². The number of carboxylic acids is 1. The first-order chi connectivity index (χ1) is 10.1. The van der Waals surface area contributed by atoms with Gasteiger partial charge < -0.3 is 9.84 Å². The van der Waals surface area contributed by atoms with Crippen LogP contribution in [0.15, 0.2) is 54.6 Å². The lowest BCUT2D eigenvalue weighted by atomic mass is 10.1. The van der Waals surface area contributed by atoms with E-state index >= 15 is 0 Å². The quantitative estimate of drug-likeness (QED) is 0.822. The summed E-state index contributed by atoms with van der Waals surface area (Å²) in [6.07, 6.45) is 2.39. The van der Waals surface area contributed by atoms with Crippen molar-refractivity contribution in [1.29, 1.82) is 0 Å². The zero-order valence-electron chi connectivity index (χ0n) is 11.5. The molecule has 0 spiro atoms. The second kappa shape index (κ2) is 6.95. The highest BCUT2D eigenvalue weighted by Gasteiger charge is 2.09. The fourth-order valence-electron chi connectivity index (χ4n) is 1.90. The molecule has 0 saturated heterocycles. The first kappa shape index (κ1) is 15.1. The van der Waals surface area contributed by atoms with Gasteiger partial charge in [0.1, 0.15) is 11.9 Å². The van der Waals surface area contributed by atoms with Crippen LogP contribution in [0.2, 0.25) is 5.02 Å². The fourth-order valence-corrected chi connectivity index (χ4v) is 2.08. The van der Waals surface area contributed by atoms with E-state index in [0.29, 0.717) is 16.3 Å². The molecule has 108 valence electrons. The Kier molecular flexibility index (Phi) is 5.01. The molecule has 0 aliphatic rings. The topological polar surface area (TPSA) is 46.5 Å². The van der Waals surface area contributed by atoms with Gasteiger partial charge in [0.15, 0.2) is 0 Å². The summed E-state index contributed by atoms with van der Waals surface area (Å²) in [6.45, 7) is 1.94. The molecule has 0 bridgehead atoms. The highest BCUT2D eigenvalue weighted by molar-refractivity contribution is 6.30. The van der Waals surface area contributed by atoms with Crippen molar-refractivity contribution in [3.63, 3.8) is 0 Å². The molecule has 2 rings (SSSR count). The molecule has 0 aliphatic heterocycles. The Balaban J connectivity index is 2.25. The lowest BCUT2D eigenvalue weighted by Gasteiger charge is -2.17. The summed E-state index contributed by atoms with van der Waals surface area (Å²) in [4.78, 5) is 10.7. The molecule has 0 amide bonds. The highest BCUT2D eigenvalue weighted by Crippen LogP contribution is 2.28. The Labute approximate surface area is 128 Å². The predicted molar refractivity (Wildman–Crippen MR) is 83.6 cm³/mol. The molecule has 1 N–H and O–H groups in total. The third-order valence-corrected chi connectivity index (χ3v) is 3.19. The molecular formula is C17H15ClO3. The molecular weight excluding hydrogens is 288 g/mol. The molecule has 0 saturated carbocycles. The second-order valence-electron chi connectivity index (χ2n) is 4.52. The summed E-state index contributed by atoms with van der Waals surface area (Å²) in [5.74, 6) is -0.426. The number of rotatable bonds is 5. The summed E-state index contributed by atoms with van der Waals surface area (Å²) < 4.78 is 5.92. The number of ether oxygens (including phenoxy) is 1. The van der Waals surface area contributed by atoms with Gasteiger partial charge in [0.25, 0.3) is 0 Å². The first-order valence-corrected chi connectivity index (χ1v) is 6.86. The van der Waals surface area contributed by atoms with E-state index in [9.17, 15) is 4.79 Å². The van der Waals surface area contributed by atoms with Crippen molar-refractivity contribution in [2.24, 2.45) is 0 Å². The van der Waals surface area contributed by atoms with E-state index in [2.05, 4.69) is 0 Å². The molecule has 0 aliphatic carbocycles. The minimum Gasteiger partial charge on any atom is -0.485 e. The van der Waals surface area contributed by atoms with Crippen molar-refractivity contribution in [2.75, 3.05) is 0 Å². The number of halogens is 1. The molecule has 0 radical (unpaired) electrons. The summed E-state index contributed by atoms with van der Waals surface area (Å²) in [7, 11) is 0. The van der Waals surface area contributed by atoms with Crippen LogP contribution in [0.1, 0.15) is 24.2 Å². The van der Waals surface area contributed by atoms with E-state index in [1.54, 1.807) is 18.2 Å². The second-order valence-corrected chi connectivity index (χ2v) is 4.96. The Morgan fingerprint density at radius 1 is 1.24 bits per heavy atom. The van der Waals surface area contributed by atoms with E-state index < -0.39 is 5.97 Å². The van der Waals surface area contributed by atoms with Crippen LogP contribution in [0.25, 0.3) is 6.08 Å². The van der Waals surface area contributed by atoms with Crippen LogP contribution in [0, 0.1) is 0 Å². The number of aliphatic carboxylic acids is 1. The van der Waals surface area contributed by atoms with Gasteiger partial charge in [-0.05, 0) is 36.8 Å². The molecule has 3 nitrogen and oxygen atoms in total. The molecule has 2 aromatic carbocycles. The third-order valence-electron chi connectivity index (χ3n) is 2.95. The van der Waals surface area contributed by atoms with Crippen LogP contribution in [-0.4, -0.2) is 11.1 Å². The molecule has 0 aromatic heterocycles. The summed E-state index contributed by atoms with van der Waals surface area (Å²) in [5, 5.41) is 9.26. The zero-order valence-corrected chi connectivity index (χ0v) is 12.2. The van der Waals surface area contributed by atoms with E-state index in [1.165, 1.54) is 6.08 Å². The van der Waals surface area contributed by atoms with Gasteiger partial charge in [-0.3, -0.25) is 0 Å². The lowest BCUT2D eigenvalue weighted by Crippen LogP contribution is -2.04. The molecule has 2 aromatic rings. The van der Waals surface area contributed by atoms with Gasteiger partial charge in [-0.15, -0.1) is 0 Å². The zero-order chi connectivity index (χ0) is 15.2. The van der Waals surface area contributed by atoms with E-state index in [-0.39, 0.29) is 6.10 Å². The smallest absolute Gasteiger partial charge is 0.328 e. The van der Waals surface area contributed by atoms with Crippen LogP contribution >= 0.6 is 11.6 Å². The normalized spacial score (nSPS) is 12.3. The van der Waals surface area contributed by atoms with Crippen LogP contribution in [0.5, 0.6) is 5.75 Å². The molecule has 0 fully saturated rings. The lowest BCUT2D eigenvalue weighted by molar-refractivity contribution is -0.131. The maximum Gasteiger partial charge on any atom is 0.328 e. The van der Waals surface area contributed by atoms with Crippen molar-refractivity contribution in [3.05, 3.63) is 70.8 Å². The number of hydrogen-bond acceptors (Lipinski definition) is 2. The molecule has 1 unspecified atom stereocenters. The van der Waals surface area contributed by atoms with Crippen molar-refractivity contribution >= 4 is 23.6 Å². The van der Waals surface area contributed by atoms with Crippen LogP contribution in [0.4, 0.5) is 0 Å². The number of carboxylic acid groups (broad SMARTS) is 1. The predicted octanol–water partition coefficient (Wildman–Crippen LogP) is 4.58. The number of benzene rings is 2. The van der Waals surface area contributed by atoms with E-state index in [0.717, 1.165) is 11.6 Å². The van der Waals surface area contributed by atoms with Gasteiger partial charge in [-0.25, -0.2) is 4.79 Å². The summed E-state index contributed by atoms with van der Waals surface area (Å²) >= 11 is 5.95. The standard InChI is InChI=1S/C17H15ClO3/c1-12(13-5-3-2-4-6-13)21-16-9-8-15(18)11-14(16)7-10-17(19)20/h2-12H,1H3,(H,19,20). The maximum absolute atomic E-state index is 10.7. The molecule has 0 heterocycles. The molecule has 1 atom stereocenters. The van der Waals surface area contributed by atoms with Crippen molar-refractivity contribution in [2.45, 2.75) is 13.0 Å². The van der Waals surface area contributed by atoms with Gasteiger partial charge in [-0.1, -0.05) is 41.9 Å². The van der Waals surface area contributed by atoms with Crippen molar-refractivity contribution in [1.82, 2.24) is 0 Å². The highest BCUT2D eigenvalue weighted by atomic mass is 35.5. The Hall–Kier alpha value is -2.26. The average Bonchev–Trinajstić information content (AvgIpc) is 2.48. The fraction of sp³-hybridized carbons (Fsp3) is 0.118. The minimum atomic E-state index is -1.02. The number of carbonyl (C=O) groups is 1. The monoisotopic (exact) mass is 302 g/mol. The number of hydrogen-bond donors (Lipinski definition) is 1. The largest absolute Gasteiger partial charge is 0.485 e. The Morgan fingerprint density at radius 2 is 1.95 bits per heavy atom. The van der Waals surface area contributed by atoms with Gasteiger partial charge >= 0.3 is 5.97 Å². The Morgan fingerprint density at radius 3 is 2.62 bits per heavy atom. The van der Waals surface area contributed by atoms with E-state index in [1.807, 2.05) is 37.3 Å². The van der Waals surface area contributed by atoms with Crippen LogP contribution in [-0.2, 0) is 4.79 Å². The van der Waals surface area contributed by atoms with Crippen LogP contribution in [0.3, 0.4) is 0 Å². The van der Waals surface area contributed by atoms with Crippen molar-refractivity contribution < 1.29 is 14.6 Å². The maximum atomic E-state index is 10.7. The first-order valence-electron chi connectivity index (χ1n) is 6.48. The Bertz CT molecular complexity index is 650. The minimum absolute atomic E-state index is 0.149. The van der Waals surface area contributed by atoms with E-state index in [4.69, 9.17) is 21.4 Å². The molecule has 4 heteroatoms. The van der Waals surface area contributed by atoms with Gasteiger partial charge in [0.2, 0.25) is 0 Å². The third kappa shape index (κ3) is 4.36. The average molecular weight is 303 g/mol. The SMILES string of the molecule is CC(Oc1ccc(Cl)cc1C=CC(=O)O)c1ccccc1. The molecule has 21 heavy (non-hydrogen) atoms. The van der Waals surface area contributed by atoms with Crippen LogP contribution < -0.4 is 4.74 Å². The summed E-state index contributed by atoms with van der Waals surface area (Å²) in [5.41, 5.74) is 1.67. The van der Waals surface area contributed by atoms with Gasteiger partial charge in [0, 0.05) is 16.7 Å². The van der Waals surface area contributed by atoms with Gasteiger partial charge in [-0.2, -0.15) is 0 Å².